The van der Waals surface area contributed by atoms with Gasteiger partial charge in [-0.05, 0) is 40.1 Å². The fraction of sp³-hybridized carbons (Fsp3) is 0.167. The Morgan fingerprint density at radius 3 is 1.27 bits per heavy atom. The van der Waals surface area contributed by atoms with E-state index in [-0.39, 0.29) is 0 Å². The lowest BCUT2D eigenvalue weighted by atomic mass is 10.1. The predicted molar refractivity (Wildman–Crippen MR) is 175 cm³/mol. The van der Waals surface area contributed by atoms with Gasteiger partial charge in [0.2, 0.25) is 0 Å². The highest BCUT2D eigenvalue weighted by molar-refractivity contribution is 7.84. The number of likely N-dealkylation sites (tertiary alicyclic amines) is 1. The number of hydrogen-bond acceptors (Lipinski definition) is 2. The van der Waals surface area contributed by atoms with E-state index in [0.29, 0.717) is 12.1 Å². The van der Waals surface area contributed by atoms with Crippen molar-refractivity contribution in [1.29, 1.82) is 0 Å². The molecule has 0 aromatic heterocycles. The minimum atomic E-state index is -0.781. The molecule has 0 spiro atoms. The first-order chi connectivity index (χ1) is 19.8. The van der Waals surface area contributed by atoms with E-state index in [1.807, 2.05) is 0 Å². The zero-order valence-corrected chi connectivity index (χ0v) is 24.8. The summed E-state index contributed by atoms with van der Waals surface area (Å²) in [7, 11) is -1.56. The maximum absolute atomic E-state index is 2.97. The lowest BCUT2D eigenvalue weighted by molar-refractivity contribution is 0.236. The van der Waals surface area contributed by atoms with Gasteiger partial charge in [0, 0.05) is 41.3 Å². The largest absolute Gasteiger partial charge is 0.295 e. The van der Waals surface area contributed by atoms with Crippen molar-refractivity contribution in [2.45, 2.75) is 32.0 Å². The highest BCUT2D eigenvalue weighted by Crippen LogP contribution is 2.57. The van der Waals surface area contributed by atoms with E-state index in [0.717, 1.165) is 19.5 Å². The Kier molecular flexibility index (Phi) is 8.82. The van der Waals surface area contributed by atoms with E-state index < -0.39 is 16.1 Å². The van der Waals surface area contributed by atoms with Crippen LogP contribution in [0.5, 0.6) is 0 Å². The minimum absolute atomic E-state index is 0.418. The van der Waals surface area contributed by atoms with E-state index in [9.17, 15) is 0 Å². The van der Waals surface area contributed by atoms with Crippen molar-refractivity contribution in [3.63, 3.8) is 0 Å². The van der Waals surface area contributed by atoms with Crippen molar-refractivity contribution in [2.24, 2.45) is 0 Å². The van der Waals surface area contributed by atoms with Gasteiger partial charge >= 0.3 is 0 Å². The zero-order chi connectivity index (χ0) is 27.1. The van der Waals surface area contributed by atoms with Crippen LogP contribution in [0, 0.1) is 0 Å². The minimum Gasteiger partial charge on any atom is -0.295 e. The second kappa shape index (κ2) is 13.0. The molecule has 1 heterocycles. The summed E-state index contributed by atoms with van der Waals surface area (Å²) in [5.41, 5.74) is 1.39. The quantitative estimate of drug-likeness (QED) is 0.179. The molecule has 1 aliphatic rings. The molecule has 0 amide bonds. The van der Waals surface area contributed by atoms with Crippen LogP contribution in [-0.2, 0) is 6.54 Å². The third kappa shape index (κ3) is 5.97. The molecular formula is C36H36N2P2. The first-order valence-corrected chi connectivity index (χ1v) is 16.8. The van der Waals surface area contributed by atoms with E-state index in [1.54, 1.807) is 0 Å². The average Bonchev–Trinajstić information content (AvgIpc) is 3.38. The van der Waals surface area contributed by atoms with Gasteiger partial charge < -0.3 is 0 Å². The van der Waals surface area contributed by atoms with Crippen LogP contribution in [0.2, 0.25) is 0 Å². The summed E-state index contributed by atoms with van der Waals surface area (Å²) < 4.78 is 2.97. The third-order valence-electron chi connectivity index (χ3n) is 7.78. The Morgan fingerprint density at radius 1 is 0.550 bits per heavy atom. The fourth-order valence-corrected chi connectivity index (χ4v) is 12.3. The lowest BCUT2D eigenvalue weighted by Gasteiger charge is -2.44. The monoisotopic (exact) mass is 558 g/mol. The maximum atomic E-state index is 2.97. The van der Waals surface area contributed by atoms with Gasteiger partial charge in [0.15, 0.2) is 0 Å². The van der Waals surface area contributed by atoms with E-state index in [1.165, 1.54) is 26.8 Å². The van der Waals surface area contributed by atoms with Gasteiger partial charge in [0.05, 0.1) is 0 Å². The molecule has 4 heteroatoms. The van der Waals surface area contributed by atoms with Gasteiger partial charge in [0.1, 0.15) is 0 Å². The van der Waals surface area contributed by atoms with Crippen molar-refractivity contribution < 1.29 is 0 Å². The van der Waals surface area contributed by atoms with Crippen LogP contribution < -0.4 is 21.2 Å². The Labute approximate surface area is 241 Å². The smallest absolute Gasteiger partial charge is 0.0352 e. The SMILES string of the molecule is C[C@@H]1[C@H](N(P(c2ccccc2)c2ccccc2)P(c2ccccc2)c2ccccc2)CCN1Cc1ccccc1. The Morgan fingerprint density at radius 2 is 0.900 bits per heavy atom. The molecule has 2 atom stereocenters. The molecule has 0 radical (unpaired) electrons. The van der Waals surface area contributed by atoms with E-state index >= 15 is 0 Å². The number of rotatable bonds is 9. The Bertz CT molecular complexity index is 1290. The summed E-state index contributed by atoms with van der Waals surface area (Å²) in [4.78, 5) is 2.69. The predicted octanol–water partition coefficient (Wildman–Crippen LogP) is 7.05. The number of nitrogens with zero attached hydrogens (tertiary/aromatic N) is 2. The van der Waals surface area contributed by atoms with Crippen molar-refractivity contribution >= 4 is 37.4 Å². The summed E-state index contributed by atoms with van der Waals surface area (Å²) in [6, 6.07) is 56.8. The van der Waals surface area contributed by atoms with Crippen LogP contribution in [0.4, 0.5) is 0 Å². The third-order valence-corrected chi connectivity index (χ3v) is 13.4. The summed E-state index contributed by atoms with van der Waals surface area (Å²) in [6.45, 7) is 4.56. The lowest BCUT2D eigenvalue weighted by Crippen LogP contribution is -2.44. The zero-order valence-electron chi connectivity index (χ0n) is 23.0. The fourth-order valence-electron chi connectivity index (χ4n) is 5.77. The van der Waals surface area contributed by atoms with Crippen LogP contribution in [0.3, 0.4) is 0 Å². The van der Waals surface area contributed by atoms with E-state index in [4.69, 9.17) is 0 Å². The van der Waals surface area contributed by atoms with Gasteiger partial charge in [0.25, 0.3) is 0 Å². The highest BCUT2D eigenvalue weighted by Gasteiger charge is 2.43. The van der Waals surface area contributed by atoms with Crippen LogP contribution in [0.1, 0.15) is 18.9 Å². The van der Waals surface area contributed by atoms with Gasteiger partial charge in [-0.25, -0.2) is 4.44 Å². The molecule has 0 unspecified atom stereocenters. The second-order valence-electron chi connectivity index (χ2n) is 10.3. The Hall–Kier alpha value is -3.12. The van der Waals surface area contributed by atoms with Crippen LogP contribution in [-0.4, -0.2) is 28.0 Å². The molecule has 5 aromatic rings. The standard InChI is InChI=1S/C36H36N2P2/c1-30-36(27-28-37(30)29-31-17-7-2-8-18-31)38(39(32-19-9-3-10-20-32)33-21-11-4-12-22-33)40(34-23-13-5-14-24-34)35-25-15-6-16-26-35/h2-26,30,36H,27-29H2,1H3/t30-,36-/m1/s1. The molecule has 40 heavy (non-hydrogen) atoms. The normalized spacial score (nSPS) is 17.6. The molecule has 6 rings (SSSR count). The summed E-state index contributed by atoms with van der Waals surface area (Å²) in [5, 5.41) is 5.65. The van der Waals surface area contributed by atoms with Crippen LogP contribution in [0.15, 0.2) is 152 Å². The second-order valence-corrected chi connectivity index (χ2v) is 14.8. The van der Waals surface area contributed by atoms with Crippen LogP contribution >= 0.6 is 16.1 Å². The van der Waals surface area contributed by atoms with Crippen molar-refractivity contribution in [3.8, 4) is 0 Å². The summed E-state index contributed by atoms with van der Waals surface area (Å²) in [5.74, 6) is 0. The topological polar surface area (TPSA) is 6.48 Å². The highest BCUT2D eigenvalue weighted by atomic mass is 31.2. The average molecular weight is 559 g/mol. The van der Waals surface area contributed by atoms with Crippen LogP contribution in [0.25, 0.3) is 0 Å². The van der Waals surface area contributed by atoms with E-state index in [2.05, 4.69) is 168 Å². The molecule has 200 valence electrons. The molecule has 5 aromatic carbocycles. The molecule has 0 saturated carbocycles. The molecule has 1 saturated heterocycles. The molecule has 1 aliphatic heterocycles. The maximum Gasteiger partial charge on any atom is 0.0352 e. The molecule has 1 fully saturated rings. The first kappa shape index (κ1) is 27.1. The number of hydrogen-bond donors (Lipinski definition) is 0. The summed E-state index contributed by atoms with van der Waals surface area (Å²) in [6.07, 6.45) is 1.16. The molecule has 0 aliphatic carbocycles. The van der Waals surface area contributed by atoms with Gasteiger partial charge in [-0.1, -0.05) is 152 Å². The van der Waals surface area contributed by atoms with Crippen molar-refractivity contribution in [2.75, 3.05) is 6.54 Å². The van der Waals surface area contributed by atoms with Crippen molar-refractivity contribution in [3.05, 3.63) is 157 Å². The Balaban J connectivity index is 1.51. The van der Waals surface area contributed by atoms with Gasteiger partial charge in [-0.15, -0.1) is 0 Å². The first-order valence-electron chi connectivity index (χ1n) is 14.2. The summed E-state index contributed by atoms with van der Waals surface area (Å²) >= 11 is 0. The van der Waals surface area contributed by atoms with Gasteiger partial charge in [-0.2, -0.15) is 0 Å². The molecule has 0 N–H and O–H groups in total. The van der Waals surface area contributed by atoms with Crippen molar-refractivity contribution in [1.82, 2.24) is 9.34 Å². The molecule has 0 bridgehead atoms. The molecular weight excluding hydrogens is 522 g/mol. The number of benzene rings is 5. The van der Waals surface area contributed by atoms with Gasteiger partial charge in [-0.3, -0.25) is 4.90 Å². The molecule has 2 nitrogen and oxygen atoms in total.